The first-order valence-electron chi connectivity index (χ1n) is 5.07. The molecule has 0 saturated carbocycles. The Hall–Kier alpha value is -1.71. The fourth-order valence-electron chi connectivity index (χ4n) is 1.96. The zero-order valence-electron chi connectivity index (χ0n) is 9.57. The van der Waals surface area contributed by atoms with Crippen molar-refractivity contribution in [3.05, 3.63) is 34.8 Å². The van der Waals surface area contributed by atoms with E-state index in [2.05, 4.69) is 0 Å². The molecule has 1 atom stereocenters. The predicted molar refractivity (Wildman–Crippen MR) is 57.4 cm³/mol. The monoisotopic (exact) mass is 222 g/mol. The lowest BCUT2D eigenvalue weighted by Crippen LogP contribution is -2.28. The number of fused-ring (bicyclic) bond motifs is 1. The highest BCUT2D eigenvalue weighted by Crippen LogP contribution is 2.33. The van der Waals surface area contributed by atoms with Crippen LogP contribution in [0.2, 0.25) is 0 Å². The summed E-state index contributed by atoms with van der Waals surface area (Å²) >= 11 is 0. The van der Waals surface area contributed by atoms with Crippen LogP contribution in [-0.2, 0) is 19.0 Å². The number of allylic oxidation sites excluding steroid dienone is 1. The first kappa shape index (κ1) is 10.8. The number of carbonyl (C=O) groups excluding carboxylic acids is 1. The van der Waals surface area contributed by atoms with E-state index in [1.165, 1.54) is 6.08 Å². The lowest BCUT2D eigenvalue weighted by atomic mass is 9.91. The first-order valence-corrected chi connectivity index (χ1v) is 5.07. The maximum atomic E-state index is 11.3. The molecular weight excluding hydrogens is 208 g/mol. The van der Waals surface area contributed by atoms with E-state index < -0.39 is 0 Å². The minimum Gasteiger partial charge on any atom is -0.497 e. The number of hydrogen-bond acceptors (Lipinski definition) is 4. The fraction of sp³-hybridized carbons (Fsp3) is 0.417. The summed E-state index contributed by atoms with van der Waals surface area (Å²) in [5, 5.41) is 0. The molecule has 1 aliphatic heterocycles. The van der Waals surface area contributed by atoms with Crippen LogP contribution >= 0.6 is 0 Å². The van der Waals surface area contributed by atoms with Crippen LogP contribution in [0.1, 0.15) is 13.3 Å². The molecule has 1 aliphatic carbocycles. The highest BCUT2D eigenvalue weighted by atomic mass is 16.5. The molecule has 0 aromatic rings. The zero-order valence-corrected chi connectivity index (χ0v) is 9.57. The minimum absolute atomic E-state index is 0.244. The van der Waals surface area contributed by atoms with Gasteiger partial charge in [-0.1, -0.05) is 0 Å². The van der Waals surface area contributed by atoms with Crippen molar-refractivity contribution in [1.82, 2.24) is 0 Å². The number of methoxy groups -OCH3 is 2. The van der Waals surface area contributed by atoms with Crippen LogP contribution in [0.25, 0.3) is 0 Å². The van der Waals surface area contributed by atoms with Gasteiger partial charge < -0.3 is 14.2 Å². The summed E-state index contributed by atoms with van der Waals surface area (Å²) in [7, 11) is 3.18. The summed E-state index contributed by atoms with van der Waals surface area (Å²) < 4.78 is 15.7. The van der Waals surface area contributed by atoms with E-state index in [0.29, 0.717) is 17.9 Å². The number of rotatable bonds is 2. The molecule has 2 aliphatic rings. The molecular formula is C12H14O4. The van der Waals surface area contributed by atoms with Gasteiger partial charge in [0.1, 0.15) is 11.9 Å². The van der Waals surface area contributed by atoms with Crippen molar-refractivity contribution in [1.29, 1.82) is 0 Å². The molecule has 0 saturated heterocycles. The summed E-state index contributed by atoms with van der Waals surface area (Å²) in [6.45, 7) is 1.89. The molecule has 0 aromatic heterocycles. The number of hydrogen-bond donors (Lipinski definition) is 0. The van der Waals surface area contributed by atoms with Crippen LogP contribution in [0.15, 0.2) is 34.8 Å². The van der Waals surface area contributed by atoms with Crippen LogP contribution in [0.3, 0.4) is 0 Å². The van der Waals surface area contributed by atoms with Gasteiger partial charge in [0, 0.05) is 6.08 Å². The number of carbonyl (C=O) groups is 1. The number of esters is 1. The molecule has 0 bridgehead atoms. The average Bonchev–Trinajstić information content (AvgIpc) is 2.27. The fourth-order valence-corrected chi connectivity index (χ4v) is 1.96. The first-order chi connectivity index (χ1) is 7.65. The lowest BCUT2D eigenvalue weighted by Gasteiger charge is -2.29. The number of ether oxygens (including phenoxy) is 3. The van der Waals surface area contributed by atoms with Gasteiger partial charge in [0.05, 0.1) is 20.6 Å². The second-order valence-corrected chi connectivity index (χ2v) is 3.75. The van der Waals surface area contributed by atoms with Gasteiger partial charge >= 0.3 is 5.97 Å². The summed E-state index contributed by atoms with van der Waals surface area (Å²) in [5.41, 5.74) is 1.91. The standard InChI is InChI=1S/C12H14O4/c1-7-4-12(13)16-9-6-11(15-3)10(14-2)5-8(7)9/h4-5,9H,6H2,1-3H3/t9-/m1/s1. The molecule has 0 N–H and O–H groups in total. The summed E-state index contributed by atoms with van der Waals surface area (Å²) in [5.74, 6) is 1.11. The normalized spacial score (nSPS) is 24.2. The Morgan fingerprint density at radius 2 is 2.06 bits per heavy atom. The van der Waals surface area contributed by atoms with Gasteiger partial charge in [-0.25, -0.2) is 4.79 Å². The molecule has 0 fully saturated rings. The second-order valence-electron chi connectivity index (χ2n) is 3.75. The average molecular weight is 222 g/mol. The Balaban J connectivity index is 2.41. The van der Waals surface area contributed by atoms with Crippen LogP contribution in [0.4, 0.5) is 0 Å². The summed E-state index contributed by atoms with van der Waals surface area (Å²) in [6, 6.07) is 0. The zero-order chi connectivity index (χ0) is 11.7. The third kappa shape index (κ3) is 1.71. The van der Waals surface area contributed by atoms with E-state index in [-0.39, 0.29) is 12.1 Å². The highest BCUT2D eigenvalue weighted by Gasteiger charge is 2.31. The molecule has 4 heteroatoms. The topological polar surface area (TPSA) is 44.8 Å². The van der Waals surface area contributed by atoms with Crippen molar-refractivity contribution >= 4 is 5.97 Å². The van der Waals surface area contributed by atoms with Crippen LogP contribution in [0.5, 0.6) is 0 Å². The van der Waals surface area contributed by atoms with Crippen molar-refractivity contribution in [2.24, 2.45) is 0 Å². The largest absolute Gasteiger partial charge is 0.497 e. The molecule has 1 heterocycles. The quantitative estimate of drug-likeness (QED) is 0.667. The van der Waals surface area contributed by atoms with E-state index in [0.717, 1.165) is 11.1 Å². The second kappa shape index (κ2) is 4.04. The smallest absolute Gasteiger partial charge is 0.331 e. The lowest BCUT2D eigenvalue weighted by molar-refractivity contribution is -0.142. The molecule has 16 heavy (non-hydrogen) atoms. The van der Waals surface area contributed by atoms with Gasteiger partial charge in [-0.3, -0.25) is 0 Å². The summed E-state index contributed by atoms with van der Waals surface area (Å²) in [6.07, 6.45) is 3.65. The Labute approximate surface area is 94.2 Å². The third-order valence-corrected chi connectivity index (χ3v) is 2.79. The van der Waals surface area contributed by atoms with E-state index >= 15 is 0 Å². The summed E-state index contributed by atoms with van der Waals surface area (Å²) in [4.78, 5) is 11.3. The Morgan fingerprint density at radius 3 is 2.69 bits per heavy atom. The van der Waals surface area contributed by atoms with Crippen molar-refractivity contribution in [3.63, 3.8) is 0 Å². The van der Waals surface area contributed by atoms with E-state index in [1.54, 1.807) is 14.2 Å². The molecule has 0 amide bonds. The SMILES string of the molecule is COC1=C(OC)C[C@H]2OC(=O)C=C(C)C2=C1. The molecule has 0 radical (unpaired) electrons. The predicted octanol–water partition coefficient (Wildman–Crippen LogP) is 1.69. The van der Waals surface area contributed by atoms with Crippen molar-refractivity contribution < 1.29 is 19.0 Å². The molecule has 86 valence electrons. The Bertz CT molecular complexity index is 415. The minimum atomic E-state index is -0.295. The molecule has 0 aromatic carbocycles. The van der Waals surface area contributed by atoms with Crippen LogP contribution < -0.4 is 0 Å². The van der Waals surface area contributed by atoms with Gasteiger partial charge in [0.15, 0.2) is 5.76 Å². The molecule has 2 rings (SSSR count). The van der Waals surface area contributed by atoms with Gasteiger partial charge in [-0.05, 0) is 24.1 Å². The van der Waals surface area contributed by atoms with Crippen molar-refractivity contribution in [2.45, 2.75) is 19.4 Å². The molecule has 4 nitrogen and oxygen atoms in total. The van der Waals surface area contributed by atoms with Gasteiger partial charge in [-0.2, -0.15) is 0 Å². The van der Waals surface area contributed by atoms with Gasteiger partial charge in [-0.15, -0.1) is 0 Å². The van der Waals surface area contributed by atoms with Crippen molar-refractivity contribution in [3.8, 4) is 0 Å². The van der Waals surface area contributed by atoms with Crippen LogP contribution in [-0.4, -0.2) is 26.3 Å². The Morgan fingerprint density at radius 1 is 1.31 bits per heavy atom. The molecule has 0 spiro atoms. The molecule has 0 unspecified atom stereocenters. The van der Waals surface area contributed by atoms with Crippen molar-refractivity contribution in [2.75, 3.05) is 14.2 Å². The maximum Gasteiger partial charge on any atom is 0.331 e. The van der Waals surface area contributed by atoms with Gasteiger partial charge in [0.25, 0.3) is 0 Å². The van der Waals surface area contributed by atoms with E-state index in [1.807, 2.05) is 13.0 Å². The van der Waals surface area contributed by atoms with E-state index in [9.17, 15) is 4.79 Å². The van der Waals surface area contributed by atoms with Crippen LogP contribution in [0, 0.1) is 0 Å². The Kier molecular flexibility index (Phi) is 2.73. The van der Waals surface area contributed by atoms with E-state index in [4.69, 9.17) is 14.2 Å². The maximum absolute atomic E-state index is 11.3. The highest BCUT2D eigenvalue weighted by molar-refractivity contribution is 5.86. The third-order valence-electron chi connectivity index (χ3n) is 2.79. The van der Waals surface area contributed by atoms with Gasteiger partial charge in [0.2, 0.25) is 0 Å².